The predicted molar refractivity (Wildman–Crippen MR) is 149 cm³/mol. The highest BCUT2D eigenvalue weighted by Crippen LogP contribution is 2.30. The van der Waals surface area contributed by atoms with Crippen molar-refractivity contribution < 1.29 is 31.1 Å². The molecule has 3 aromatic rings. The number of ketones is 1. The molecule has 41 heavy (non-hydrogen) atoms. The molecular weight excluding hydrogens is 597 g/mol. The first-order chi connectivity index (χ1) is 19.1. The van der Waals surface area contributed by atoms with E-state index in [0.717, 1.165) is 11.6 Å². The smallest absolute Gasteiger partial charge is 0.283 e. The summed E-state index contributed by atoms with van der Waals surface area (Å²) in [7, 11) is 0. The monoisotopic (exact) mass is 618 g/mol. The third-order valence-electron chi connectivity index (χ3n) is 5.09. The molecule has 0 aliphatic rings. The van der Waals surface area contributed by atoms with E-state index in [9.17, 15) is 35.9 Å². The molecule has 0 radical (unpaired) electrons. The topological polar surface area (TPSA) is 76.3 Å². The summed E-state index contributed by atoms with van der Waals surface area (Å²) >= 11 is 11.9. The first-order valence-corrected chi connectivity index (χ1v) is 12.3. The number of nitrogens with zero attached hydrogens (tertiary/aromatic N) is 3. The van der Waals surface area contributed by atoms with E-state index in [1.807, 2.05) is 0 Å². The van der Waals surface area contributed by atoms with Gasteiger partial charge in [-0.1, -0.05) is 47.5 Å². The van der Waals surface area contributed by atoms with Crippen LogP contribution in [0.1, 0.15) is 36.1 Å². The van der Waals surface area contributed by atoms with Crippen LogP contribution in [0.2, 0.25) is 10.0 Å². The molecule has 2 aromatic carbocycles. The lowest BCUT2D eigenvalue weighted by molar-refractivity contribution is -0.162. The maximum absolute atomic E-state index is 12.8. The highest BCUT2D eigenvalue weighted by molar-refractivity contribution is 6.32. The number of carbonyl (C=O) groups excluding carboxylic acids is 1. The lowest BCUT2D eigenvalue weighted by Crippen LogP contribution is -2.27. The first-order valence-electron chi connectivity index (χ1n) is 11.5. The molecule has 0 unspecified atom stereocenters. The molecule has 0 fully saturated rings. The maximum Gasteiger partial charge on any atom is 0.455 e. The average molecular weight is 619 g/mol. The van der Waals surface area contributed by atoms with E-state index >= 15 is 0 Å². The fourth-order valence-electron chi connectivity index (χ4n) is 3.14. The van der Waals surface area contributed by atoms with Gasteiger partial charge in [-0.3, -0.25) is 15.0 Å². The number of Topliss-reactive ketones (excluding diaryl/α,β-unsaturated/α-hetero) is 1. The minimum Gasteiger partial charge on any atom is -0.283 e. The Kier molecular flexibility index (Phi) is 11.5. The van der Waals surface area contributed by atoms with Crippen LogP contribution < -0.4 is 11.0 Å². The zero-order valence-electron chi connectivity index (χ0n) is 21.6. The number of alkyl halides is 6. The largest absolute Gasteiger partial charge is 0.455 e. The second kappa shape index (κ2) is 14.1. The van der Waals surface area contributed by atoms with Crippen molar-refractivity contribution in [2.24, 2.45) is 5.10 Å². The van der Waals surface area contributed by atoms with E-state index in [1.165, 1.54) is 12.1 Å². The molecule has 0 spiro atoms. The zero-order valence-corrected chi connectivity index (χ0v) is 23.1. The van der Waals surface area contributed by atoms with Crippen molar-refractivity contribution in [1.82, 2.24) is 9.78 Å². The number of nitrogens with one attached hydrogen (secondary N) is 1. The van der Waals surface area contributed by atoms with Crippen molar-refractivity contribution in [3.05, 3.63) is 97.4 Å². The van der Waals surface area contributed by atoms with Gasteiger partial charge in [0.1, 0.15) is 0 Å². The van der Waals surface area contributed by atoms with E-state index in [1.54, 1.807) is 62.4 Å². The number of hydrazone groups is 1. The van der Waals surface area contributed by atoms with Gasteiger partial charge in [-0.2, -0.15) is 41.2 Å². The van der Waals surface area contributed by atoms with Crippen molar-refractivity contribution in [3.8, 4) is 5.69 Å². The molecule has 3 rings (SSSR count). The average Bonchev–Trinajstić information content (AvgIpc) is 2.88. The van der Waals surface area contributed by atoms with Crippen LogP contribution in [0.15, 0.2) is 64.6 Å². The van der Waals surface area contributed by atoms with Crippen LogP contribution in [0.5, 0.6) is 0 Å². The highest BCUT2D eigenvalue weighted by Gasteiger charge is 2.37. The summed E-state index contributed by atoms with van der Waals surface area (Å²) in [6, 6.07) is 9.37. The van der Waals surface area contributed by atoms with E-state index in [-0.39, 0.29) is 6.21 Å². The van der Waals surface area contributed by atoms with Crippen molar-refractivity contribution in [3.63, 3.8) is 0 Å². The Morgan fingerprint density at radius 2 is 1.51 bits per heavy atom. The normalized spacial score (nSPS) is 12.2. The molecule has 1 heterocycles. The molecule has 0 saturated heterocycles. The van der Waals surface area contributed by atoms with Gasteiger partial charge >= 0.3 is 12.4 Å². The Balaban J connectivity index is 0.000000290. The molecule has 0 amide bonds. The fraction of sp³-hybridized carbons (Fsp3) is 0.185. The summed E-state index contributed by atoms with van der Waals surface area (Å²) in [5, 5.41) is 7.82. The molecule has 6 nitrogen and oxygen atoms in total. The van der Waals surface area contributed by atoms with Crippen molar-refractivity contribution in [1.29, 1.82) is 0 Å². The number of allylic oxidation sites excluding steroid dienone is 2. The summed E-state index contributed by atoms with van der Waals surface area (Å²) < 4.78 is 74.9. The molecule has 1 aromatic heterocycles. The number of rotatable bonds is 6. The van der Waals surface area contributed by atoms with E-state index in [4.69, 9.17) is 23.2 Å². The molecule has 218 valence electrons. The number of halogens is 8. The third kappa shape index (κ3) is 9.32. The molecule has 0 atom stereocenters. The molecule has 0 aliphatic heterocycles. The van der Waals surface area contributed by atoms with Gasteiger partial charge in [0.15, 0.2) is 0 Å². The van der Waals surface area contributed by atoms with Crippen LogP contribution in [-0.4, -0.2) is 28.0 Å². The molecular formula is C27H22Cl2F6N4O2. The SMILES string of the molecule is C/C=C/c1cc(-n2ncc(C(F)(F)F)c(C)c2=O)ccc1Cl.C/C=C/c1cc(N/N=C/C(=O)C(F)(F)F)ccc1Cl. The zero-order chi connectivity index (χ0) is 31.0. The van der Waals surface area contributed by atoms with Gasteiger partial charge in [-0.05, 0) is 68.3 Å². The Labute approximate surface area is 240 Å². The van der Waals surface area contributed by atoms with Crippen LogP contribution in [-0.2, 0) is 11.0 Å². The van der Waals surface area contributed by atoms with Gasteiger partial charge in [0, 0.05) is 15.6 Å². The number of hydrogen-bond donors (Lipinski definition) is 1. The van der Waals surface area contributed by atoms with Crippen molar-refractivity contribution >= 4 is 53.0 Å². The fourth-order valence-corrected chi connectivity index (χ4v) is 3.50. The molecule has 14 heteroatoms. The maximum atomic E-state index is 12.8. The lowest BCUT2D eigenvalue weighted by Gasteiger charge is -2.12. The van der Waals surface area contributed by atoms with E-state index < -0.39 is 34.8 Å². The quantitative estimate of drug-likeness (QED) is 0.172. The number of benzene rings is 2. The van der Waals surface area contributed by atoms with Crippen LogP contribution in [0, 0.1) is 6.92 Å². The lowest BCUT2D eigenvalue weighted by atomic mass is 10.1. The molecule has 0 bridgehead atoms. The number of anilines is 1. The van der Waals surface area contributed by atoms with Crippen molar-refractivity contribution in [2.45, 2.75) is 33.1 Å². The van der Waals surface area contributed by atoms with Gasteiger partial charge in [0.2, 0.25) is 0 Å². The minimum atomic E-state index is -4.92. The molecule has 1 N–H and O–H groups in total. The van der Waals surface area contributed by atoms with Gasteiger partial charge in [0.25, 0.3) is 11.3 Å². The van der Waals surface area contributed by atoms with Crippen molar-refractivity contribution in [2.75, 3.05) is 5.43 Å². The summed E-state index contributed by atoms with van der Waals surface area (Å²) in [4.78, 5) is 22.7. The van der Waals surface area contributed by atoms with Gasteiger partial charge in [0.05, 0.1) is 29.3 Å². The standard InChI is InChI=1S/C15H12ClF3N2O.C12H10ClF3N2O/c1-3-4-10-7-11(5-6-13(10)16)21-14(22)9(2)12(8-20-21)15(17,18)19;1-2-3-8-6-9(4-5-10(8)13)18-17-7-11(19)12(14,15)16/h3-8H,1-2H3;2-7,18H,1H3/b4-3+;3-2+,17-7+. The minimum absolute atomic E-state index is 0.184. The van der Waals surface area contributed by atoms with E-state index in [0.29, 0.717) is 38.7 Å². The van der Waals surface area contributed by atoms with Crippen LogP contribution >= 0.6 is 23.2 Å². The molecule has 0 aliphatic carbocycles. The highest BCUT2D eigenvalue weighted by atomic mass is 35.5. The summed E-state index contributed by atoms with van der Waals surface area (Å²) in [5.41, 5.74) is 2.18. The first kappa shape index (κ1) is 33.3. The number of hydrogen-bond acceptors (Lipinski definition) is 5. The van der Waals surface area contributed by atoms with Crippen LogP contribution in [0.25, 0.3) is 17.8 Å². The Bertz CT molecular complexity index is 1540. The Morgan fingerprint density at radius 1 is 0.951 bits per heavy atom. The summed E-state index contributed by atoms with van der Waals surface area (Å²) in [6.45, 7) is 4.73. The van der Waals surface area contributed by atoms with E-state index in [2.05, 4.69) is 15.6 Å². The molecule has 0 saturated carbocycles. The number of carbonyl (C=O) groups is 1. The Morgan fingerprint density at radius 3 is 2.05 bits per heavy atom. The second-order valence-corrected chi connectivity index (χ2v) is 8.89. The summed E-state index contributed by atoms with van der Waals surface area (Å²) in [6.07, 6.45) is -1.69. The number of aromatic nitrogens is 2. The van der Waals surface area contributed by atoms with Crippen LogP contribution in [0.3, 0.4) is 0 Å². The Hall–Kier alpha value is -3.90. The second-order valence-electron chi connectivity index (χ2n) is 8.07. The van der Waals surface area contributed by atoms with Crippen LogP contribution in [0.4, 0.5) is 32.0 Å². The van der Waals surface area contributed by atoms with Gasteiger partial charge < -0.3 is 0 Å². The predicted octanol–water partition coefficient (Wildman–Crippen LogP) is 8.15. The summed E-state index contributed by atoms with van der Waals surface area (Å²) in [5.74, 6) is -2.03. The van der Waals surface area contributed by atoms with Gasteiger partial charge in [-0.15, -0.1) is 0 Å². The van der Waals surface area contributed by atoms with Gasteiger partial charge in [-0.25, -0.2) is 0 Å². The third-order valence-corrected chi connectivity index (χ3v) is 5.78.